The number of methoxy groups -OCH3 is 2. The summed E-state index contributed by atoms with van der Waals surface area (Å²) in [7, 11) is 3.04. The lowest BCUT2D eigenvalue weighted by atomic mass is 10.4. The molecule has 0 bridgehead atoms. The standard InChI is InChI=1S/C9H14N2O3S/c1-6-11-7(5-15-6)9(12)10-4-8(13-2)14-3/h5,8H,4H2,1-3H3,(H,10,12). The molecule has 1 amide bonds. The Hall–Kier alpha value is -0.980. The topological polar surface area (TPSA) is 60.5 Å². The predicted octanol–water partition coefficient (Wildman–Crippen LogP) is 0.800. The van der Waals surface area contributed by atoms with Crippen LogP contribution in [0.25, 0.3) is 0 Å². The van der Waals surface area contributed by atoms with Crippen molar-refractivity contribution < 1.29 is 14.3 Å². The van der Waals surface area contributed by atoms with Crippen LogP contribution in [-0.4, -0.2) is 37.9 Å². The van der Waals surface area contributed by atoms with Crippen LogP contribution in [0.5, 0.6) is 0 Å². The Bertz CT molecular complexity index is 323. The molecule has 0 fully saturated rings. The summed E-state index contributed by atoms with van der Waals surface area (Å²) in [6.45, 7) is 2.16. The molecule has 0 aliphatic rings. The van der Waals surface area contributed by atoms with E-state index in [0.717, 1.165) is 5.01 Å². The van der Waals surface area contributed by atoms with Crippen molar-refractivity contribution in [3.8, 4) is 0 Å². The number of nitrogens with zero attached hydrogens (tertiary/aromatic N) is 1. The molecule has 15 heavy (non-hydrogen) atoms. The number of aromatic nitrogens is 1. The summed E-state index contributed by atoms with van der Waals surface area (Å²) in [5, 5.41) is 5.26. The maximum atomic E-state index is 11.5. The average Bonchev–Trinajstić information content (AvgIpc) is 2.66. The van der Waals surface area contributed by atoms with Crippen molar-refractivity contribution in [3.05, 3.63) is 16.1 Å². The van der Waals surface area contributed by atoms with Crippen molar-refractivity contribution in [2.75, 3.05) is 20.8 Å². The van der Waals surface area contributed by atoms with Crippen LogP contribution in [0.3, 0.4) is 0 Å². The first-order chi connectivity index (χ1) is 7.17. The fraction of sp³-hybridized carbons (Fsp3) is 0.556. The maximum absolute atomic E-state index is 11.5. The van der Waals surface area contributed by atoms with Crippen LogP contribution in [0.1, 0.15) is 15.5 Å². The Kier molecular flexibility index (Phi) is 4.67. The highest BCUT2D eigenvalue weighted by molar-refractivity contribution is 7.09. The number of carbonyl (C=O) groups is 1. The van der Waals surface area contributed by atoms with E-state index in [1.165, 1.54) is 25.6 Å². The van der Waals surface area contributed by atoms with Crippen molar-refractivity contribution in [1.29, 1.82) is 0 Å². The minimum atomic E-state index is -0.423. The van der Waals surface area contributed by atoms with E-state index < -0.39 is 6.29 Å². The van der Waals surface area contributed by atoms with Gasteiger partial charge in [-0.1, -0.05) is 0 Å². The Morgan fingerprint density at radius 2 is 2.27 bits per heavy atom. The molecular formula is C9H14N2O3S. The van der Waals surface area contributed by atoms with E-state index in [9.17, 15) is 4.79 Å². The summed E-state index contributed by atoms with van der Waals surface area (Å²) >= 11 is 1.44. The van der Waals surface area contributed by atoms with E-state index in [-0.39, 0.29) is 5.91 Å². The molecule has 0 radical (unpaired) electrons. The third-order valence-electron chi connectivity index (χ3n) is 1.81. The molecule has 0 atom stereocenters. The van der Waals surface area contributed by atoms with Gasteiger partial charge in [0.1, 0.15) is 5.69 Å². The van der Waals surface area contributed by atoms with Gasteiger partial charge in [-0.2, -0.15) is 0 Å². The minimum absolute atomic E-state index is 0.210. The summed E-state index contributed by atoms with van der Waals surface area (Å²) in [6.07, 6.45) is -0.423. The van der Waals surface area contributed by atoms with Crippen LogP contribution >= 0.6 is 11.3 Å². The number of carbonyl (C=O) groups excluding carboxylic acids is 1. The van der Waals surface area contributed by atoms with Gasteiger partial charge in [0.25, 0.3) is 5.91 Å². The van der Waals surface area contributed by atoms with Crippen LogP contribution in [-0.2, 0) is 9.47 Å². The van der Waals surface area contributed by atoms with E-state index in [0.29, 0.717) is 12.2 Å². The molecule has 0 aliphatic carbocycles. The number of ether oxygens (including phenoxy) is 2. The number of rotatable bonds is 5. The normalized spacial score (nSPS) is 10.7. The summed E-state index contributed by atoms with van der Waals surface area (Å²) in [6, 6.07) is 0. The fourth-order valence-electron chi connectivity index (χ4n) is 0.997. The monoisotopic (exact) mass is 230 g/mol. The van der Waals surface area contributed by atoms with Crippen molar-refractivity contribution in [1.82, 2.24) is 10.3 Å². The van der Waals surface area contributed by atoms with E-state index in [1.54, 1.807) is 5.38 Å². The van der Waals surface area contributed by atoms with Gasteiger partial charge in [-0.15, -0.1) is 11.3 Å². The molecule has 1 aromatic heterocycles. The second-order valence-corrected chi connectivity index (χ2v) is 3.92. The predicted molar refractivity (Wildman–Crippen MR) is 57.0 cm³/mol. The quantitative estimate of drug-likeness (QED) is 0.760. The number of hydrogen-bond donors (Lipinski definition) is 1. The molecule has 1 heterocycles. The molecule has 0 saturated carbocycles. The first-order valence-corrected chi connectivity index (χ1v) is 5.31. The Balaban J connectivity index is 2.42. The van der Waals surface area contributed by atoms with Gasteiger partial charge in [-0.05, 0) is 6.92 Å². The van der Waals surface area contributed by atoms with Gasteiger partial charge in [0.2, 0.25) is 0 Å². The number of amides is 1. The first-order valence-electron chi connectivity index (χ1n) is 4.43. The highest BCUT2D eigenvalue weighted by atomic mass is 32.1. The van der Waals surface area contributed by atoms with Crippen molar-refractivity contribution in [2.45, 2.75) is 13.2 Å². The van der Waals surface area contributed by atoms with Gasteiger partial charge in [0, 0.05) is 19.6 Å². The molecule has 1 N–H and O–H groups in total. The summed E-state index contributed by atoms with van der Waals surface area (Å²) in [5.74, 6) is -0.210. The highest BCUT2D eigenvalue weighted by Crippen LogP contribution is 2.07. The Morgan fingerprint density at radius 3 is 2.73 bits per heavy atom. The lowest BCUT2D eigenvalue weighted by Gasteiger charge is -2.13. The third kappa shape index (κ3) is 3.58. The van der Waals surface area contributed by atoms with E-state index in [4.69, 9.17) is 9.47 Å². The second-order valence-electron chi connectivity index (χ2n) is 2.86. The van der Waals surface area contributed by atoms with Crippen LogP contribution in [0.15, 0.2) is 5.38 Å². The van der Waals surface area contributed by atoms with E-state index in [2.05, 4.69) is 10.3 Å². The summed E-state index contributed by atoms with van der Waals surface area (Å²) in [5.41, 5.74) is 0.434. The third-order valence-corrected chi connectivity index (χ3v) is 2.58. The largest absolute Gasteiger partial charge is 0.354 e. The summed E-state index contributed by atoms with van der Waals surface area (Å²) < 4.78 is 9.87. The molecule has 5 nitrogen and oxygen atoms in total. The molecule has 6 heteroatoms. The number of aryl methyl sites for hydroxylation is 1. The SMILES string of the molecule is COC(CNC(=O)c1csc(C)n1)OC. The van der Waals surface area contributed by atoms with Gasteiger partial charge in [0.05, 0.1) is 11.6 Å². The molecule has 0 aliphatic heterocycles. The van der Waals surface area contributed by atoms with Gasteiger partial charge in [-0.25, -0.2) is 4.98 Å². The number of hydrogen-bond acceptors (Lipinski definition) is 5. The van der Waals surface area contributed by atoms with E-state index in [1.807, 2.05) is 6.92 Å². The molecule has 84 valence electrons. The van der Waals surface area contributed by atoms with Gasteiger partial charge in [-0.3, -0.25) is 4.79 Å². The Morgan fingerprint density at radius 1 is 1.60 bits per heavy atom. The Labute approximate surface area is 92.4 Å². The van der Waals surface area contributed by atoms with Crippen molar-refractivity contribution in [2.24, 2.45) is 0 Å². The van der Waals surface area contributed by atoms with Gasteiger partial charge >= 0.3 is 0 Å². The summed E-state index contributed by atoms with van der Waals surface area (Å²) in [4.78, 5) is 15.6. The molecular weight excluding hydrogens is 216 g/mol. The lowest BCUT2D eigenvalue weighted by Crippen LogP contribution is -2.34. The zero-order valence-electron chi connectivity index (χ0n) is 8.94. The zero-order valence-corrected chi connectivity index (χ0v) is 9.76. The maximum Gasteiger partial charge on any atom is 0.270 e. The molecule has 0 aromatic carbocycles. The molecule has 0 saturated heterocycles. The molecule has 0 spiro atoms. The first kappa shape index (κ1) is 12.1. The molecule has 1 aromatic rings. The highest BCUT2D eigenvalue weighted by Gasteiger charge is 2.11. The van der Waals surface area contributed by atoms with E-state index >= 15 is 0 Å². The number of nitrogens with one attached hydrogen (secondary N) is 1. The number of thiazole rings is 1. The molecule has 1 rings (SSSR count). The smallest absolute Gasteiger partial charge is 0.270 e. The fourth-order valence-corrected chi connectivity index (χ4v) is 1.59. The van der Waals surface area contributed by atoms with Crippen LogP contribution < -0.4 is 5.32 Å². The van der Waals surface area contributed by atoms with Crippen molar-refractivity contribution in [3.63, 3.8) is 0 Å². The minimum Gasteiger partial charge on any atom is -0.354 e. The van der Waals surface area contributed by atoms with Gasteiger partial charge in [0.15, 0.2) is 6.29 Å². The van der Waals surface area contributed by atoms with Crippen LogP contribution in [0.2, 0.25) is 0 Å². The second kappa shape index (κ2) is 5.79. The zero-order chi connectivity index (χ0) is 11.3. The van der Waals surface area contributed by atoms with Crippen LogP contribution in [0, 0.1) is 6.92 Å². The molecule has 0 unspecified atom stereocenters. The van der Waals surface area contributed by atoms with Gasteiger partial charge < -0.3 is 14.8 Å². The average molecular weight is 230 g/mol. The van der Waals surface area contributed by atoms with Crippen LogP contribution in [0.4, 0.5) is 0 Å². The lowest BCUT2D eigenvalue weighted by molar-refractivity contribution is -0.0974. The van der Waals surface area contributed by atoms with Crippen molar-refractivity contribution >= 4 is 17.2 Å².